The van der Waals surface area contributed by atoms with E-state index < -0.39 is 9.05 Å². The first-order valence-electron chi connectivity index (χ1n) is 4.60. The van der Waals surface area contributed by atoms with Gasteiger partial charge in [-0.15, -0.1) is 0 Å². The largest absolute Gasteiger partial charge is 0.679 e. The Morgan fingerprint density at radius 2 is 1.27 bits per heavy atom. The Morgan fingerprint density at radius 1 is 0.867 bits per heavy atom. The maximum atomic E-state index is 5.56. The highest BCUT2D eigenvalue weighted by atomic mass is 32.2. The van der Waals surface area contributed by atoms with Crippen LogP contribution in [0.25, 0.3) is 0 Å². The molecule has 0 rings (SSSR count). The van der Waals surface area contributed by atoms with E-state index in [0.29, 0.717) is 13.2 Å². The van der Waals surface area contributed by atoms with Gasteiger partial charge in [-0.1, -0.05) is 0 Å². The van der Waals surface area contributed by atoms with Gasteiger partial charge in [0.1, 0.15) is 0 Å². The van der Waals surface area contributed by atoms with Gasteiger partial charge < -0.3 is 17.7 Å². The van der Waals surface area contributed by atoms with Gasteiger partial charge in [0, 0.05) is 38.9 Å². The average Bonchev–Trinajstić information content (AvgIpc) is 2.28. The lowest BCUT2D eigenvalue weighted by atomic mass is 10.9. The van der Waals surface area contributed by atoms with Crippen LogP contribution in [0.15, 0.2) is 0 Å². The normalized spacial score (nSPS) is 12.0. The number of thioether (sulfide) groups is 2. The molecular formula is C8H20O4S2Si. The van der Waals surface area contributed by atoms with Crippen LogP contribution < -0.4 is 0 Å². The molecule has 0 saturated carbocycles. The predicted molar refractivity (Wildman–Crippen MR) is 68.4 cm³/mol. The lowest BCUT2D eigenvalue weighted by Gasteiger charge is -2.24. The summed E-state index contributed by atoms with van der Waals surface area (Å²) in [6, 6.07) is 0. The molecule has 4 nitrogen and oxygen atoms in total. The van der Waals surface area contributed by atoms with Gasteiger partial charge in [0.25, 0.3) is 0 Å². The summed E-state index contributed by atoms with van der Waals surface area (Å²) in [6.45, 7) is 1.18. The molecule has 0 aliphatic carbocycles. The van der Waals surface area contributed by atoms with Gasteiger partial charge in [0.05, 0.1) is 0 Å². The van der Waals surface area contributed by atoms with Crippen molar-refractivity contribution in [1.29, 1.82) is 0 Å². The second kappa shape index (κ2) is 9.95. The second-order valence-corrected chi connectivity index (χ2v) is 6.96. The SMILES string of the molecule is CO[Si](OC)(OCCSC)OCCSC. The Labute approximate surface area is 102 Å². The summed E-state index contributed by atoms with van der Waals surface area (Å²) < 4.78 is 21.6. The zero-order valence-electron chi connectivity index (χ0n) is 9.78. The minimum Gasteiger partial charge on any atom is -0.355 e. The van der Waals surface area contributed by atoms with Crippen molar-refractivity contribution >= 4 is 32.6 Å². The quantitative estimate of drug-likeness (QED) is 0.443. The highest BCUT2D eigenvalue weighted by Gasteiger charge is 2.43. The van der Waals surface area contributed by atoms with Crippen LogP contribution >= 0.6 is 23.5 Å². The predicted octanol–water partition coefficient (Wildman–Crippen LogP) is 1.47. The van der Waals surface area contributed by atoms with E-state index in [9.17, 15) is 0 Å². The first-order valence-corrected chi connectivity index (χ1v) is 9.02. The minimum absolute atomic E-state index is 0.592. The molecule has 0 saturated heterocycles. The van der Waals surface area contributed by atoms with Crippen molar-refractivity contribution in [3.05, 3.63) is 0 Å². The first-order chi connectivity index (χ1) is 7.24. The van der Waals surface area contributed by atoms with E-state index in [1.807, 2.05) is 12.5 Å². The molecule has 0 aromatic rings. The smallest absolute Gasteiger partial charge is 0.355 e. The third kappa shape index (κ3) is 6.83. The second-order valence-electron chi connectivity index (χ2n) is 2.59. The van der Waals surface area contributed by atoms with Crippen molar-refractivity contribution in [2.45, 2.75) is 0 Å². The third-order valence-electron chi connectivity index (χ3n) is 1.63. The van der Waals surface area contributed by atoms with Gasteiger partial charge in [-0.05, 0) is 12.5 Å². The molecule has 0 spiro atoms. The molecule has 92 valence electrons. The van der Waals surface area contributed by atoms with Crippen molar-refractivity contribution in [3.63, 3.8) is 0 Å². The first kappa shape index (κ1) is 15.8. The molecule has 0 aliphatic rings. The Balaban J connectivity index is 3.93. The summed E-state index contributed by atoms with van der Waals surface area (Å²) in [4.78, 5) is 0. The highest BCUT2D eigenvalue weighted by Crippen LogP contribution is 2.10. The van der Waals surface area contributed by atoms with Crippen LogP contribution in [0.1, 0.15) is 0 Å². The standard InChI is InChI=1S/C8H20O4S2Si/c1-9-15(10-2,11-5-7-13-3)12-6-8-14-4/h5-8H2,1-4H3. The van der Waals surface area contributed by atoms with Gasteiger partial charge in [0.2, 0.25) is 0 Å². The summed E-state index contributed by atoms with van der Waals surface area (Å²) in [5, 5.41) is 0. The van der Waals surface area contributed by atoms with Crippen molar-refractivity contribution in [2.24, 2.45) is 0 Å². The minimum atomic E-state index is -2.84. The Hall–Kier alpha value is 0.757. The van der Waals surface area contributed by atoms with Crippen LogP contribution in [0.5, 0.6) is 0 Å². The van der Waals surface area contributed by atoms with E-state index in [-0.39, 0.29) is 0 Å². The van der Waals surface area contributed by atoms with Gasteiger partial charge >= 0.3 is 9.05 Å². The van der Waals surface area contributed by atoms with Crippen LogP contribution in [0.2, 0.25) is 0 Å². The van der Waals surface area contributed by atoms with Crippen LogP contribution in [-0.2, 0) is 17.7 Å². The zero-order valence-corrected chi connectivity index (χ0v) is 12.4. The molecular weight excluding hydrogens is 252 g/mol. The van der Waals surface area contributed by atoms with E-state index in [2.05, 4.69) is 0 Å². The van der Waals surface area contributed by atoms with Gasteiger partial charge in [-0.3, -0.25) is 0 Å². The Kier molecular flexibility index (Phi) is 10.4. The maximum Gasteiger partial charge on any atom is 0.679 e. The summed E-state index contributed by atoms with van der Waals surface area (Å²) in [7, 11) is 0.282. The van der Waals surface area contributed by atoms with Crippen molar-refractivity contribution in [3.8, 4) is 0 Å². The van der Waals surface area contributed by atoms with E-state index >= 15 is 0 Å². The fraction of sp³-hybridized carbons (Fsp3) is 1.00. The molecule has 0 radical (unpaired) electrons. The summed E-state index contributed by atoms with van der Waals surface area (Å²) in [5.41, 5.74) is 0. The molecule has 15 heavy (non-hydrogen) atoms. The number of rotatable bonds is 10. The molecule has 0 amide bonds. The monoisotopic (exact) mass is 272 g/mol. The van der Waals surface area contributed by atoms with Gasteiger partial charge in [0.15, 0.2) is 0 Å². The number of hydrogen-bond donors (Lipinski definition) is 0. The molecule has 0 aromatic carbocycles. The lowest BCUT2D eigenvalue weighted by Crippen LogP contribution is -2.48. The van der Waals surface area contributed by atoms with Crippen LogP contribution in [0.3, 0.4) is 0 Å². The number of hydrogen-bond acceptors (Lipinski definition) is 6. The highest BCUT2D eigenvalue weighted by molar-refractivity contribution is 7.98. The molecule has 0 aromatic heterocycles. The third-order valence-corrected chi connectivity index (χ3v) is 4.90. The fourth-order valence-corrected chi connectivity index (χ4v) is 3.08. The fourth-order valence-electron chi connectivity index (χ4n) is 0.861. The van der Waals surface area contributed by atoms with E-state index in [1.165, 1.54) is 0 Å². The van der Waals surface area contributed by atoms with Crippen LogP contribution in [-0.4, -0.2) is 60.5 Å². The van der Waals surface area contributed by atoms with Crippen LogP contribution in [0, 0.1) is 0 Å². The molecule has 0 heterocycles. The van der Waals surface area contributed by atoms with Crippen molar-refractivity contribution in [1.82, 2.24) is 0 Å². The van der Waals surface area contributed by atoms with Gasteiger partial charge in [-0.25, -0.2) is 0 Å². The molecule has 0 N–H and O–H groups in total. The summed E-state index contributed by atoms with van der Waals surface area (Å²) in [6.07, 6.45) is 4.06. The summed E-state index contributed by atoms with van der Waals surface area (Å²) >= 11 is 3.44. The lowest BCUT2D eigenvalue weighted by molar-refractivity contribution is -0.00151. The molecule has 0 aliphatic heterocycles. The van der Waals surface area contributed by atoms with E-state index in [1.54, 1.807) is 37.7 Å². The van der Waals surface area contributed by atoms with Gasteiger partial charge in [-0.2, -0.15) is 23.5 Å². The molecule has 0 atom stereocenters. The average molecular weight is 272 g/mol. The molecule has 0 unspecified atom stereocenters. The maximum absolute atomic E-state index is 5.56. The van der Waals surface area contributed by atoms with E-state index in [4.69, 9.17) is 17.7 Å². The Bertz CT molecular complexity index is 135. The van der Waals surface area contributed by atoms with Crippen LogP contribution in [0.4, 0.5) is 0 Å². The Morgan fingerprint density at radius 3 is 1.53 bits per heavy atom. The molecule has 0 bridgehead atoms. The molecule has 0 fully saturated rings. The topological polar surface area (TPSA) is 36.9 Å². The zero-order chi connectivity index (χ0) is 11.6. The van der Waals surface area contributed by atoms with E-state index in [0.717, 1.165) is 11.5 Å². The van der Waals surface area contributed by atoms with Crippen molar-refractivity contribution in [2.75, 3.05) is 51.5 Å². The molecule has 7 heteroatoms. The summed E-state index contributed by atoms with van der Waals surface area (Å²) in [5.74, 6) is 1.82. The van der Waals surface area contributed by atoms with Crippen molar-refractivity contribution < 1.29 is 17.7 Å².